The first-order valence-electron chi connectivity index (χ1n) is 26.5. The summed E-state index contributed by atoms with van der Waals surface area (Å²) in [6.07, 6.45) is 48.8. The van der Waals surface area contributed by atoms with Crippen LogP contribution in [-0.4, -0.2) is 59.6 Å². The van der Waals surface area contributed by atoms with Crippen molar-refractivity contribution in [1.82, 2.24) is 4.90 Å². The first kappa shape index (κ1) is 37.6. The van der Waals surface area contributed by atoms with E-state index >= 15 is 0 Å². The van der Waals surface area contributed by atoms with Gasteiger partial charge in [-0.15, -0.1) is 0 Å². The van der Waals surface area contributed by atoms with E-state index in [0.29, 0.717) is 36.6 Å². The molecule has 56 heavy (non-hydrogen) atoms. The van der Waals surface area contributed by atoms with Crippen LogP contribution in [0.15, 0.2) is 0 Å². The molecule has 3 aliphatic heterocycles. The molecule has 0 aromatic carbocycles. The van der Waals surface area contributed by atoms with Crippen LogP contribution in [0.1, 0.15) is 199 Å². The van der Waals surface area contributed by atoms with Gasteiger partial charge in [0.2, 0.25) is 0 Å². The lowest BCUT2D eigenvalue weighted by molar-refractivity contribution is -0.0899. The molecule has 9 saturated carbocycles. The van der Waals surface area contributed by atoms with Gasteiger partial charge in [0.15, 0.2) is 0 Å². The molecule has 12 fully saturated rings. The highest BCUT2D eigenvalue weighted by Gasteiger charge is 2.61. The molecule has 12 rings (SSSR count). The third-order valence-electron chi connectivity index (χ3n) is 21.4. The Morgan fingerprint density at radius 1 is 0.268 bits per heavy atom. The highest BCUT2D eigenvalue weighted by atomic mass is 16.5. The standard InChI is InChI=1S/C52H83NO3/c1-2-10-32(11-3-1)33-20-25-36(26-21-33)53(44-17-9-19-46-48(44)43-29-24-34-12-4-5-13-38(34)51(43)55-46)37-27-22-35(23-28-37)39-15-8-16-40-41-30-31-47-49(52(41)56-50(39)40)42-14-6-7-18-45(42)54-47/h32-52H,1-31H2. The van der Waals surface area contributed by atoms with Gasteiger partial charge in [0, 0.05) is 30.0 Å². The summed E-state index contributed by atoms with van der Waals surface area (Å²) in [5.74, 6) is 10.6. The third-order valence-corrected chi connectivity index (χ3v) is 21.4. The van der Waals surface area contributed by atoms with Crippen LogP contribution in [0.25, 0.3) is 0 Å². The topological polar surface area (TPSA) is 30.9 Å². The number of ether oxygens (including phenoxy) is 3. The van der Waals surface area contributed by atoms with E-state index in [1.54, 1.807) is 12.8 Å². The average Bonchev–Trinajstić information content (AvgIpc) is 3.96. The smallest absolute Gasteiger partial charge is 0.0667 e. The van der Waals surface area contributed by atoms with Crippen LogP contribution in [0.5, 0.6) is 0 Å². The molecule has 314 valence electrons. The maximum atomic E-state index is 7.55. The molecule has 16 atom stereocenters. The van der Waals surface area contributed by atoms with Crippen LogP contribution in [0, 0.1) is 71.0 Å². The molecule has 0 N–H and O–H groups in total. The second-order valence-electron chi connectivity index (χ2n) is 23.5. The number of nitrogens with zero attached hydrogens (tertiary/aromatic N) is 1. The van der Waals surface area contributed by atoms with Gasteiger partial charge < -0.3 is 14.2 Å². The number of hydrogen-bond acceptors (Lipinski definition) is 4. The molecule has 16 unspecified atom stereocenters. The molecule has 0 radical (unpaired) electrons. The van der Waals surface area contributed by atoms with E-state index < -0.39 is 0 Å². The summed E-state index contributed by atoms with van der Waals surface area (Å²) in [6, 6.07) is 2.46. The molecule has 4 nitrogen and oxygen atoms in total. The Hall–Kier alpha value is -0.160. The van der Waals surface area contributed by atoms with E-state index in [0.717, 1.165) is 89.1 Å². The highest BCUT2D eigenvalue weighted by Crippen LogP contribution is 2.60. The Kier molecular flexibility index (Phi) is 10.7. The lowest BCUT2D eigenvalue weighted by Crippen LogP contribution is -2.58. The minimum Gasteiger partial charge on any atom is -0.374 e. The van der Waals surface area contributed by atoms with E-state index in [1.165, 1.54) is 186 Å². The summed E-state index contributed by atoms with van der Waals surface area (Å²) < 4.78 is 21.8. The SMILES string of the molecule is C1CCC(C2CCC(N(C3CCC(C4CCCC5C6CCC7OC8CCCCC8C7C6OC45)CC3)C3CCCC4OC5C6CCCCC6CCC5C43)CC2)CC1. The van der Waals surface area contributed by atoms with E-state index in [4.69, 9.17) is 14.2 Å². The van der Waals surface area contributed by atoms with Gasteiger partial charge in [0.05, 0.1) is 36.6 Å². The summed E-state index contributed by atoms with van der Waals surface area (Å²) in [7, 11) is 0. The molecule has 0 aromatic rings. The number of hydrogen-bond donors (Lipinski definition) is 0. The summed E-state index contributed by atoms with van der Waals surface area (Å²) in [4.78, 5) is 3.38. The first-order valence-corrected chi connectivity index (χ1v) is 26.5. The Morgan fingerprint density at radius 3 is 1.61 bits per heavy atom. The summed E-state index contributed by atoms with van der Waals surface area (Å²) in [6.45, 7) is 0. The van der Waals surface area contributed by atoms with Crippen molar-refractivity contribution in [3.8, 4) is 0 Å². The minimum atomic E-state index is 0.514. The molecule has 3 heterocycles. The first-order chi connectivity index (χ1) is 27.8. The quantitative estimate of drug-likeness (QED) is 0.279. The molecule has 0 bridgehead atoms. The minimum absolute atomic E-state index is 0.514. The maximum Gasteiger partial charge on any atom is 0.0667 e. The average molecular weight is 770 g/mol. The fourth-order valence-electron chi connectivity index (χ4n) is 19.2. The molecular weight excluding hydrogens is 687 g/mol. The number of fused-ring (bicyclic) bond motifs is 12. The Balaban J connectivity index is 0.767. The van der Waals surface area contributed by atoms with Gasteiger partial charge in [-0.2, -0.15) is 0 Å². The van der Waals surface area contributed by atoms with Crippen LogP contribution in [-0.2, 0) is 14.2 Å². The van der Waals surface area contributed by atoms with Crippen molar-refractivity contribution >= 4 is 0 Å². The van der Waals surface area contributed by atoms with Crippen LogP contribution < -0.4 is 0 Å². The molecule has 4 heteroatoms. The number of rotatable bonds is 5. The van der Waals surface area contributed by atoms with Crippen LogP contribution in [0.4, 0.5) is 0 Å². The van der Waals surface area contributed by atoms with Gasteiger partial charge in [0.1, 0.15) is 0 Å². The highest BCUT2D eigenvalue weighted by molar-refractivity contribution is 5.10. The third kappa shape index (κ3) is 6.52. The molecule has 3 saturated heterocycles. The van der Waals surface area contributed by atoms with E-state index in [-0.39, 0.29) is 0 Å². The lowest BCUT2D eigenvalue weighted by atomic mass is 9.61. The molecular formula is C52H83NO3. The Morgan fingerprint density at radius 2 is 0.786 bits per heavy atom. The van der Waals surface area contributed by atoms with Crippen molar-refractivity contribution < 1.29 is 14.2 Å². The van der Waals surface area contributed by atoms with Crippen molar-refractivity contribution in [2.45, 2.75) is 254 Å². The molecule has 0 spiro atoms. The van der Waals surface area contributed by atoms with Gasteiger partial charge in [0.25, 0.3) is 0 Å². The van der Waals surface area contributed by atoms with Gasteiger partial charge in [-0.1, -0.05) is 70.6 Å². The maximum absolute atomic E-state index is 7.55. The zero-order valence-corrected chi connectivity index (χ0v) is 35.7. The van der Waals surface area contributed by atoms with E-state index in [9.17, 15) is 0 Å². The van der Waals surface area contributed by atoms with Gasteiger partial charge in [-0.25, -0.2) is 0 Å². The van der Waals surface area contributed by atoms with E-state index in [1.807, 2.05) is 0 Å². The molecule has 0 amide bonds. The van der Waals surface area contributed by atoms with E-state index in [2.05, 4.69) is 4.90 Å². The second-order valence-corrected chi connectivity index (χ2v) is 23.5. The predicted octanol–water partition coefficient (Wildman–Crippen LogP) is 12.3. The van der Waals surface area contributed by atoms with Crippen molar-refractivity contribution in [2.24, 2.45) is 71.0 Å². The van der Waals surface area contributed by atoms with Crippen molar-refractivity contribution in [1.29, 1.82) is 0 Å². The van der Waals surface area contributed by atoms with Gasteiger partial charge >= 0.3 is 0 Å². The summed E-state index contributed by atoms with van der Waals surface area (Å²) >= 11 is 0. The largest absolute Gasteiger partial charge is 0.374 e. The Bertz CT molecular complexity index is 1330. The second kappa shape index (κ2) is 15.9. The van der Waals surface area contributed by atoms with Crippen LogP contribution in [0.3, 0.4) is 0 Å². The fourth-order valence-corrected chi connectivity index (χ4v) is 19.2. The van der Waals surface area contributed by atoms with Crippen LogP contribution >= 0.6 is 0 Å². The fraction of sp³-hybridized carbons (Fsp3) is 1.00. The zero-order valence-electron chi connectivity index (χ0n) is 35.7. The summed E-state index contributed by atoms with van der Waals surface area (Å²) in [5.41, 5.74) is 0. The Labute approximate surface area is 342 Å². The van der Waals surface area contributed by atoms with Crippen LogP contribution in [0.2, 0.25) is 0 Å². The van der Waals surface area contributed by atoms with Crippen molar-refractivity contribution in [2.75, 3.05) is 0 Å². The predicted molar refractivity (Wildman–Crippen MR) is 224 cm³/mol. The zero-order chi connectivity index (χ0) is 36.7. The molecule has 0 aromatic heterocycles. The van der Waals surface area contributed by atoms with Crippen molar-refractivity contribution in [3.63, 3.8) is 0 Å². The normalized spacial score (nSPS) is 54.6. The molecule has 9 aliphatic carbocycles. The molecule has 12 aliphatic rings. The monoisotopic (exact) mass is 770 g/mol. The van der Waals surface area contributed by atoms with Crippen molar-refractivity contribution in [3.05, 3.63) is 0 Å². The summed E-state index contributed by atoms with van der Waals surface area (Å²) in [5, 5.41) is 0. The van der Waals surface area contributed by atoms with Gasteiger partial charge in [-0.05, 0) is 188 Å². The van der Waals surface area contributed by atoms with Gasteiger partial charge in [-0.3, -0.25) is 4.90 Å². The lowest BCUT2D eigenvalue weighted by Gasteiger charge is -2.53.